The molecule has 2 heterocycles. The maximum atomic E-state index is 13.4. The number of pyridine rings is 1. The topological polar surface area (TPSA) is 36.4 Å². The fraction of sp³-hybridized carbons (Fsp3) is 0.333. The number of carbonyl (C=O) groups excluding carboxylic acids is 1. The van der Waals surface area contributed by atoms with Crippen LogP contribution in [0.4, 0.5) is 16.3 Å². The van der Waals surface area contributed by atoms with Crippen molar-refractivity contribution in [3.05, 3.63) is 54.7 Å². The Kier molecular flexibility index (Phi) is 6.37. The second-order valence-corrected chi connectivity index (χ2v) is 10.0. The van der Waals surface area contributed by atoms with Gasteiger partial charge in [0, 0.05) is 35.5 Å². The first kappa shape index (κ1) is 21.2. The van der Waals surface area contributed by atoms with Crippen molar-refractivity contribution in [2.24, 2.45) is 0 Å². The first-order chi connectivity index (χ1) is 14.5. The zero-order valence-electron chi connectivity index (χ0n) is 17.8. The lowest BCUT2D eigenvalue weighted by molar-refractivity contribution is 0.187. The van der Waals surface area contributed by atoms with Crippen molar-refractivity contribution in [1.29, 1.82) is 0 Å². The van der Waals surface area contributed by atoms with E-state index in [0.29, 0.717) is 12.1 Å². The van der Waals surface area contributed by atoms with E-state index in [9.17, 15) is 4.79 Å². The van der Waals surface area contributed by atoms with Crippen LogP contribution in [-0.2, 0) is 0 Å². The molecule has 3 aromatic rings. The lowest BCUT2D eigenvalue weighted by Gasteiger charge is -2.32. The molecule has 156 valence electrons. The maximum absolute atomic E-state index is 13.4. The van der Waals surface area contributed by atoms with Crippen LogP contribution in [0.3, 0.4) is 0 Å². The summed E-state index contributed by atoms with van der Waals surface area (Å²) in [5, 5.41) is 2.38. The molecule has 0 N–H and O–H groups in total. The average molecular weight is 438 g/mol. The highest BCUT2D eigenvalue weighted by atomic mass is 32.2. The van der Waals surface area contributed by atoms with Gasteiger partial charge in [0.05, 0.1) is 10.6 Å². The van der Waals surface area contributed by atoms with E-state index < -0.39 is 0 Å². The third kappa shape index (κ3) is 4.09. The van der Waals surface area contributed by atoms with Gasteiger partial charge in [0.15, 0.2) is 5.82 Å². The molecule has 0 radical (unpaired) electrons. The van der Waals surface area contributed by atoms with Crippen LogP contribution >= 0.6 is 23.5 Å². The molecule has 1 aliphatic rings. The van der Waals surface area contributed by atoms with E-state index in [1.54, 1.807) is 22.9 Å². The van der Waals surface area contributed by atoms with E-state index in [0.717, 1.165) is 33.6 Å². The summed E-state index contributed by atoms with van der Waals surface area (Å²) in [6.45, 7) is 9.70. The molecule has 4 rings (SSSR count). The zero-order chi connectivity index (χ0) is 21.3. The van der Waals surface area contributed by atoms with Gasteiger partial charge in [-0.25, -0.2) is 4.98 Å². The van der Waals surface area contributed by atoms with Crippen molar-refractivity contribution in [1.82, 2.24) is 9.88 Å². The Morgan fingerprint density at radius 3 is 2.60 bits per heavy atom. The third-order valence-corrected chi connectivity index (χ3v) is 7.35. The number of fused-ring (bicyclic) bond motifs is 4. The number of benzene rings is 2. The third-order valence-electron chi connectivity index (χ3n) is 5.36. The number of carbonyl (C=O) groups is 1. The summed E-state index contributed by atoms with van der Waals surface area (Å²) in [4.78, 5) is 24.3. The molecule has 1 amide bonds. The van der Waals surface area contributed by atoms with E-state index in [4.69, 9.17) is 0 Å². The van der Waals surface area contributed by atoms with E-state index in [-0.39, 0.29) is 5.24 Å². The normalized spacial score (nSPS) is 13.2. The Hall–Kier alpha value is -2.02. The number of nitrogens with zero attached hydrogens (tertiary/aromatic N) is 3. The fourth-order valence-corrected chi connectivity index (χ4v) is 5.92. The summed E-state index contributed by atoms with van der Waals surface area (Å²) < 4.78 is 0. The highest BCUT2D eigenvalue weighted by Gasteiger charge is 2.30. The van der Waals surface area contributed by atoms with Crippen LogP contribution in [0.1, 0.15) is 27.7 Å². The minimum Gasteiger partial charge on any atom is -0.298 e. The highest BCUT2D eigenvalue weighted by molar-refractivity contribution is 8.14. The Morgan fingerprint density at radius 2 is 1.83 bits per heavy atom. The second-order valence-electron chi connectivity index (χ2n) is 7.94. The lowest BCUT2D eigenvalue weighted by Crippen LogP contribution is -2.39. The van der Waals surface area contributed by atoms with Gasteiger partial charge < -0.3 is 0 Å². The largest absolute Gasteiger partial charge is 0.298 e. The number of anilines is 2. The molecule has 1 aromatic heterocycles. The Balaban J connectivity index is 1.64. The number of hydrogen-bond acceptors (Lipinski definition) is 5. The fourth-order valence-electron chi connectivity index (χ4n) is 3.97. The Morgan fingerprint density at radius 1 is 1.07 bits per heavy atom. The van der Waals surface area contributed by atoms with Crippen LogP contribution in [0.25, 0.3) is 10.8 Å². The summed E-state index contributed by atoms with van der Waals surface area (Å²) >= 11 is 3.07. The Bertz CT molecular complexity index is 1060. The van der Waals surface area contributed by atoms with Crippen molar-refractivity contribution >= 4 is 51.0 Å². The molecule has 0 atom stereocenters. The van der Waals surface area contributed by atoms with Crippen molar-refractivity contribution < 1.29 is 4.79 Å². The van der Waals surface area contributed by atoms with Gasteiger partial charge >= 0.3 is 0 Å². The SMILES string of the molecule is CC(C)N(CCSC(=O)N1c2ccc3ccccc3c2Sc2cccnc21)C(C)C. The van der Waals surface area contributed by atoms with Gasteiger partial charge in [-0.15, -0.1) is 0 Å². The molecule has 0 spiro atoms. The highest BCUT2D eigenvalue weighted by Crippen LogP contribution is 2.50. The van der Waals surface area contributed by atoms with Gasteiger partial charge in [-0.2, -0.15) is 0 Å². The summed E-state index contributed by atoms with van der Waals surface area (Å²) in [6.07, 6.45) is 1.76. The number of thioether (sulfide) groups is 1. The van der Waals surface area contributed by atoms with Crippen LogP contribution in [-0.4, -0.2) is 39.5 Å². The molecule has 30 heavy (non-hydrogen) atoms. The molecule has 0 unspecified atom stereocenters. The number of amides is 1. The van der Waals surface area contributed by atoms with Gasteiger partial charge in [0.1, 0.15) is 0 Å². The first-order valence-electron chi connectivity index (χ1n) is 10.3. The van der Waals surface area contributed by atoms with E-state index in [1.165, 1.54) is 22.5 Å². The van der Waals surface area contributed by atoms with Crippen LogP contribution in [0.2, 0.25) is 0 Å². The summed E-state index contributed by atoms with van der Waals surface area (Å²) in [6, 6.07) is 17.4. The smallest absolute Gasteiger partial charge is 0.291 e. The lowest BCUT2D eigenvalue weighted by atomic mass is 10.1. The minimum absolute atomic E-state index is 0.0271. The number of aromatic nitrogens is 1. The predicted octanol–water partition coefficient (Wildman–Crippen LogP) is 6.81. The maximum Gasteiger partial charge on any atom is 0.291 e. The first-order valence-corrected chi connectivity index (χ1v) is 12.1. The van der Waals surface area contributed by atoms with Crippen molar-refractivity contribution in [2.45, 2.75) is 49.6 Å². The van der Waals surface area contributed by atoms with Crippen LogP contribution in [0, 0.1) is 0 Å². The summed E-state index contributed by atoms with van der Waals surface area (Å²) in [5.41, 5.74) is 0.923. The standard InChI is InChI=1S/C24H27N3OS2/c1-16(2)26(17(3)4)14-15-29-24(28)27-20-12-11-18-8-5-6-9-19(18)22(20)30-21-10-7-13-25-23(21)27/h5-13,16-17H,14-15H2,1-4H3. The van der Waals surface area contributed by atoms with Crippen molar-refractivity contribution in [3.63, 3.8) is 0 Å². The quantitative estimate of drug-likeness (QED) is 0.438. The second kappa shape index (κ2) is 9.00. The van der Waals surface area contributed by atoms with Gasteiger partial charge in [0.2, 0.25) is 0 Å². The summed E-state index contributed by atoms with van der Waals surface area (Å²) in [5.74, 6) is 1.48. The minimum atomic E-state index is 0.0271. The van der Waals surface area contributed by atoms with Gasteiger partial charge in [0.25, 0.3) is 5.24 Å². The molecule has 0 aliphatic carbocycles. The van der Waals surface area contributed by atoms with Gasteiger partial charge in [-0.3, -0.25) is 14.6 Å². The van der Waals surface area contributed by atoms with E-state index in [1.807, 2.05) is 18.2 Å². The monoisotopic (exact) mass is 437 g/mol. The predicted molar refractivity (Wildman–Crippen MR) is 129 cm³/mol. The molecule has 0 saturated heterocycles. The summed E-state index contributed by atoms with van der Waals surface area (Å²) in [7, 11) is 0. The molecule has 6 heteroatoms. The number of rotatable bonds is 5. The molecule has 4 nitrogen and oxygen atoms in total. The van der Waals surface area contributed by atoms with Crippen LogP contribution < -0.4 is 4.90 Å². The van der Waals surface area contributed by atoms with E-state index in [2.05, 4.69) is 67.9 Å². The van der Waals surface area contributed by atoms with Gasteiger partial charge in [-0.05, 0) is 56.7 Å². The van der Waals surface area contributed by atoms with Crippen molar-refractivity contribution in [3.8, 4) is 0 Å². The molecule has 1 aliphatic heterocycles. The van der Waals surface area contributed by atoms with E-state index >= 15 is 0 Å². The zero-order valence-corrected chi connectivity index (χ0v) is 19.5. The molecule has 0 saturated carbocycles. The molecule has 0 bridgehead atoms. The van der Waals surface area contributed by atoms with Crippen molar-refractivity contribution in [2.75, 3.05) is 17.2 Å². The number of hydrogen-bond donors (Lipinski definition) is 0. The molecule has 0 fully saturated rings. The van der Waals surface area contributed by atoms with Crippen LogP contribution in [0.15, 0.2) is 64.5 Å². The molecular weight excluding hydrogens is 410 g/mol. The Labute approximate surface area is 187 Å². The molecular formula is C24H27N3OS2. The molecule has 2 aromatic carbocycles. The van der Waals surface area contributed by atoms with Crippen LogP contribution in [0.5, 0.6) is 0 Å². The average Bonchev–Trinajstić information content (AvgIpc) is 2.74. The van der Waals surface area contributed by atoms with Gasteiger partial charge in [-0.1, -0.05) is 53.9 Å².